The van der Waals surface area contributed by atoms with E-state index < -0.39 is 0 Å². The Balaban J connectivity index is 1.90. The van der Waals surface area contributed by atoms with E-state index in [4.69, 9.17) is 19.4 Å². The van der Waals surface area contributed by atoms with E-state index in [1.807, 2.05) is 0 Å². The maximum Gasteiger partial charge on any atom is 0.316 e. The number of esters is 1. The van der Waals surface area contributed by atoms with Crippen LogP contribution in [0.2, 0.25) is 0 Å². The highest BCUT2D eigenvalue weighted by Crippen LogP contribution is 2.35. The molecule has 0 aromatic carbocycles. The van der Waals surface area contributed by atoms with Gasteiger partial charge in [0.1, 0.15) is 15.7 Å². The van der Waals surface area contributed by atoms with Crippen molar-refractivity contribution in [2.24, 2.45) is 0 Å². The van der Waals surface area contributed by atoms with Crippen molar-refractivity contribution in [1.29, 1.82) is 0 Å². The molecule has 1 aliphatic rings. The molecule has 0 radical (unpaired) electrons. The van der Waals surface area contributed by atoms with Gasteiger partial charge in [0.2, 0.25) is 0 Å². The summed E-state index contributed by atoms with van der Waals surface area (Å²) in [5.41, 5.74) is 1.19. The Bertz CT molecular complexity index is 742. The number of methoxy groups -OCH3 is 1. The predicted octanol–water partition coefficient (Wildman–Crippen LogP) is 2.41. The number of rotatable bonds is 5. The first-order valence-corrected chi connectivity index (χ1v) is 9.65. The molecule has 0 N–H and O–H groups in total. The predicted molar refractivity (Wildman–Crippen MR) is 95.7 cm³/mol. The van der Waals surface area contributed by atoms with Crippen molar-refractivity contribution in [3.8, 4) is 0 Å². The molecule has 130 valence electrons. The number of hydrogen-bond donors (Lipinski definition) is 0. The minimum Gasteiger partial charge on any atom is -0.468 e. The number of nitrogens with zero attached hydrogens (tertiary/aromatic N) is 3. The highest BCUT2D eigenvalue weighted by molar-refractivity contribution is 8.00. The quantitative estimate of drug-likeness (QED) is 0.457. The zero-order valence-electron chi connectivity index (χ0n) is 14.1. The van der Waals surface area contributed by atoms with Gasteiger partial charge in [-0.2, -0.15) is 0 Å². The van der Waals surface area contributed by atoms with Crippen molar-refractivity contribution < 1.29 is 14.3 Å². The first kappa shape index (κ1) is 17.6. The third-order valence-corrected chi connectivity index (χ3v) is 6.11. The fraction of sp³-hybridized carbons (Fsp3) is 0.562. The van der Waals surface area contributed by atoms with Crippen LogP contribution < -0.4 is 0 Å². The number of ether oxygens (including phenoxy) is 2. The van der Waals surface area contributed by atoms with Crippen LogP contribution in [-0.4, -0.2) is 60.0 Å². The molecular formula is C16H21N3O3S2. The Labute approximate surface area is 149 Å². The van der Waals surface area contributed by atoms with Gasteiger partial charge in [0.15, 0.2) is 0 Å². The number of carbonyl (C=O) groups is 1. The number of thioether (sulfide) groups is 1. The van der Waals surface area contributed by atoms with E-state index in [2.05, 4.69) is 18.7 Å². The molecule has 0 saturated carbocycles. The second-order valence-corrected chi connectivity index (χ2v) is 7.83. The average Bonchev–Trinajstić information content (AvgIpc) is 2.87. The standard InChI is InChI=1S/C16H21N3O3S2/c1-10-11(2)24-16-14(10)15(23-9-13(20)21-3)17-12(18-16)8-19-4-6-22-7-5-19/h4-9H2,1-3H3. The zero-order chi connectivity index (χ0) is 17.1. The summed E-state index contributed by atoms with van der Waals surface area (Å²) >= 11 is 3.11. The number of thiophene rings is 1. The Morgan fingerprint density at radius 1 is 1.33 bits per heavy atom. The first-order chi connectivity index (χ1) is 11.6. The number of aromatic nitrogens is 2. The molecule has 0 amide bonds. The molecule has 1 saturated heterocycles. The maximum absolute atomic E-state index is 11.5. The van der Waals surface area contributed by atoms with Crippen LogP contribution >= 0.6 is 23.1 Å². The van der Waals surface area contributed by atoms with Crippen molar-refractivity contribution >= 4 is 39.3 Å². The molecule has 3 heterocycles. The number of morpholine rings is 1. The van der Waals surface area contributed by atoms with Gasteiger partial charge >= 0.3 is 5.97 Å². The molecule has 0 aliphatic carbocycles. The van der Waals surface area contributed by atoms with Gasteiger partial charge in [-0.3, -0.25) is 9.69 Å². The molecule has 0 spiro atoms. The third kappa shape index (κ3) is 3.88. The van der Waals surface area contributed by atoms with E-state index >= 15 is 0 Å². The summed E-state index contributed by atoms with van der Waals surface area (Å²) in [6.07, 6.45) is 0. The normalized spacial score (nSPS) is 15.8. The van der Waals surface area contributed by atoms with Crippen LogP contribution in [0.5, 0.6) is 0 Å². The van der Waals surface area contributed by atoms with Crippen LogP contribution in [-0.2, 0) is 20.8 Å². The van der Waals surface area contributed by atoms with Crippen LogP contribution in [0.15, 0.2) is 5.03 Å². The minimum atomic E-state index is -0.244. The summed E-state index contributed by atoms with van der Waals surface area (Å²) < 4.78 is 10.1. The van der Waals surface area contributed by atoms with Crippen LogP contribution in [0.1, 0.15) is 16.3 Å². The smallest absolute Gasteiger partial charge is 0.316 e. The van der Waals surface area contributed by atoms with Crippen LogP contribution in [0.4, 0.5) is 0 Å². The Hall–Kier alpha value is -1.22. The molecule has 2 aromatic rings. The number of carbonyl (C=O) groups excluding carboxylic acids is 1. The van der Waals surface area contributed by atoms with Gasteiger partial charge in [0.25, 0.3) is 0 Å². The molecule has 2 aromatic heterocycles. The number of hydrogen-bond acceptors (Lipinski definition) is 8. The van der Waals surface area contributed by atoms with Crippen molar-refractivity contribution in [2.75, 3.05) is 39.2 Å². The summed E-state index contributed by atoms with van der Waals surface area (Å²) in [6, 6.07) is 0. The Kier molecular flexibility index (Phi) is 5.70. The van der Waals surface area contributed by atoms with Crippen molar-refractivity contribution in [3.63, 3.8) is 0 Å². The lowest BCUT2D eigenvalue weighted by Gasteiger charge is -2.25. The Morgan fingerprint density at radius 2 is 2.08 bits per heavy atom. The van der Waals surface area contributed by atoms with E-state index in [9.17, 15) is 4.79 Å². The first-order valence-electron chi connectivity index (χ1n) is 7.85. The lowest BCUT2D eigenvalue weighted by atomic mass is 10.2. The van der Waals surface area contributed by atoms with Gasteiger partial charge < -0.3 is 9.47 Å². The van der Waals surface area contributed by atoms with Gasteiger partial charge in [-0.25, -0.2) is 9.97 Å². The summed E-state index contributed by atoms with van der Waals surface area (Å²) in [6.45, 7) is 8.19. The second-order valence-electron chi connectivity index (χ2n) is 5.66. The summed E-state index contributed by atoms with van der Waals surface area (Å²) in [5.74, 6) is 0.817. The fourth-order valence-electron chi connectivity index (χ4n) is 2.58. The van der Waals surface area contributed by atoms with Gasteiger partial charge in [-0.05, 0) is 19.4 Å². The van der Waals surface area contributed by atoms with Gasteiger partial charge in [-0.1, -0.05) is 11.8 Å². The van der Waals surface area contributed by atoms with Gasteiger partial charge in [0, 0.05) is 23.4 Å². The molecule has 0 unspecified atom stereocenters. The highest BCUT2D eigenvalue weighted by atomic mass is 32.2. The molecule has 0 atom stereocenters. The highest BCUT2D eigenvalue weighted by Gasteiger charge is 2.18. The minimum absolute atomic E-state index is 0.244. The largest absolute Gasteiger partial charge is 0.468 e. The molecule has 24 heavy (non-hydrogen) atoms. The number of aryl methyl sites for hydroxylation is 2. The van der Waals surface area contributed by atoms with E-state index in [0.29, 0.717) is 6.54 Å². The van der Waals surface area contributed by atoms with Crippen LogP contribution in [0, 0.1) is 13.8 Å². The fourth-order valence-corrected chi connectivity index (χ4v) is 4.62. The van der Waals surface area contributed by atoms with E-state index in [1.54, 1.807) is 11.3 Å². The molecular weight excluding hydrogens is 346 g/mol. The lowest BCUT2D eigenvalue weighted by Crippen LogP contribution is -2.36. The van der Waals surface area contributed by atoms with E-state index in [0.717, 1.165) is 47.4 Å². The molecule has 1 aliphatic heterocycles. The molecule has 1 fully saturated rings. The SMILES string of the molecule is COC(=O)CSc1nc(CN2CCOCC2)nc2sc(C)c(C)c12. The van der Waals surface area contributed by atoms with Crippen LogP contribution in [0.3, 0.4) is 0 Å². The monoisotopic (exact) mass is 367 g/mol. The van der Waals surface area contributed by atoms with E-state index in [-0.39, 0.29) is 11.7 Å². The van der Waals surface area contributed by atoms with Gasteiger partial charge in [0.05, 0.1) is 32.6 Å². The number of fused-ring (bicyclic) bond motifs is 1. The zero-order valence-corrected chi connectivity index (χ0v) is 15.8. The molecule has 8 heteroatoms. The third-order valence-electron chi connectivity index (χ3n) is 4.06. The summed E-state index contributed by atoms with van der Waals surface area (Å²) in [5, 5.41) is 1.94. The lowest BCUT2D eigenvalue weighted by molar-refractivity contribution is -0.137. The molecule has 6 nitrogen and oxygen atoms in total. The van der Waals surface area contributed by atoms with Gasteiger partial charge in [-0.15, -0.1) is 11.3 Å². The molecule has 3 rings (SSSR count). The second kappa shape index (κ2) is 7.77. The topological polar surface area (TPSA) is 64.5 Å². The molecule has 0 bridgehead atoms. The van der Waals surface area contributed by atoms with Crippen molar-refractivity contribution in [1.82, 2.24) is 14.9 Å². The Morgan fingerprint density at radius 3 is 2.79 bits per heavy atom. The van der Waals surface area contributed by atoms with Crippen molar-refractivity contribution in [3.05, 3.63) is 16.3 Å². The van der Waals surface area contributed by atoms with E-state index in [1.165, 1.54) is 29.3 Å². The summed E-state index contributed by atoms with van der Waals surface area (Å²) in [4.78, 5) is 25.5. The summed E-state index contributed by atoms with van der Waals surface area (Å²) in [7, 11) is 1.41. The maximum atomic E-state index is 11.5. The average molecular weight is 367 g/mol. The van der Waals surface area contributed by atoms with Crippen LogP contribution in [0.25, 0.3) is 10.2 Å². The van der Waals surface area contributed by atoms with Crippen molar-refractivity contribution in [2.45, 2.75) is 25.4 Å².